The van der Waals surface area contributed by atoms with E-state index in [1.54, 1.807) is 7.11 Å². The highest BCUT2D eigenvalue weighted by Gasteiger charge is 2.12. The number of carbonyl (C=O) groups is 1. The number of hydrogen-bond donors (Lipinski definition) is 1. The summed E-state index contributed by atoms with van der Waals surface area (Å²) in [5, 5.41) is 8.95. The van der Waals surface area contributed by atoms with Crippen molar-refractivity contribution in [1.29, 1.82) is 0 Å². The summed E-state index contributed by atoms with van der Waals surface area (Å²) in [4.78, 5) is 10.9. The zero-order valence-corrected chi connectivity index (χ0v) is 17.7. The predicted molar refractivity (Wildman–Crippen MR) is 112 cm³/mol. The van der Waals surface area contributed by atoms with E-state index in [1.807, 2.05) is 39.0 Å². The molecule has 4 heteroatoms. The Morgan fingerprint density at radius 2 is 1.73 bits per heavy atom. The Labute approximate surface area is 164 Å². The zero-order chi connectivity index (χ0) is 19.7. The third-order valence-corrected chi connectivity index (χ3v) is 4.55. The molecule has 3 nitrogen and oxygen atoms in total. The van der Waals surface area contributed by atoms with E-state index in [0.717, 1.165) is 38.9 Å². The molecule has 2 aromatic carbocycles. The summed E-state index contributed by atoms with van der Waals surface area (Å²) in [6.07, 6.45) is 1.16. The van der Waals surface area contributed by atoms with E-state index in [9.17, 15) is 4.79 Å². The molecule has 0 fully saturated rings. The van der Waals surface area contributed by atoms with Gasteiger partial charge in [0, 0.05) is 4.47 Å². The van der Waals surface area contributed by atoms with Gasteiger partial charge in [0.05, 0.1) is 13.5 Å². The lowest BCUT2D eigenvalue weighted by Crippen LogP contribution is -2.00. The monoisotopic (exact) mass is 418 g/mol. The Morgan fingerprint density at radius 1 is 1.12 bits per heavy atom. The van der Waals surface area contributed by atoms with Crippen molar-refractivity contribution in [2.75, 3.05) is 7.11 Å². The average molecular weight is 419 g/mol. The second-order valence-electron chi connectivity index (χ2n) is 6.21. The van der Waals surface area contributed by atoms with Gasteiger partial charge in [0.1, 0.15) is 5.75 Å². The van der Waals surface area contributed by atoms with Crippen LogP contribution < -0.4 is 4.74 Å². The van der Waals surface area contributed by atoms with E-state index in [-0.39, 0.29) is 6.42 Å². The van der Waals surface area contributed by atoms with Crippen LogP contribution in [0.25, 0.3) is 5.57 Å². The van der Waals surface area contributed by atoms with Crippen LogP contribution in [0, 0.1) is 6.92 Å². The van der Waals surface area contributed by atoms with Crippen LogP contribution in [0.15, 0.2) is 52.5 Å². The highest BCUT2D eigenvalue weighted by molar-refractivity contribution is 9.10. The molecule has 0 aliphatic heterocycles. The SMILES string of the molecule is CCc1ccc(Br)cc1.COc1ccc(C)c(C(CC(=O)O)=C(C)C)c1. The molecule has 0 saturated heterocycles. The van der Waals surface area contributed by atoms with Gasteiger partial charge < -0.3 is 9.84 Å². The van der Waals surface area contributed by atoms with E-state index in [4.69, 9.17) is 9.84 Å². The van der Waals surface area contributed by atoms with Gasteiger partial charge in [-0.15, -0.1) is 0 Å². The Hall–Kier alpha value is -2.07. The first-order valence-electron chi connectivity index (χ1n) is 8.56. The third-order valence-electron chi connectivity index (χ3n) is 4.02. The summed E-state index contributed by atoms with van der Waals surface area (Å²) in [5.41, 5.74) is 5.27. The maximum atomic E-state index is 10.9. The van der Waals surface area contributed by atoms with E-state index >= 15 is 0 Å². The Bertz CT molecular complexity index is 757. The zero-order valence-electron chi connectivity index (χ0n) is 16.1. The molecule has 0 spiro atoms. The second kappa shape index (κ2) is 10.8. The fourth-order valence-corrected chi connectivity index (χ4v) is 2.73. The van der Waals surface area contributed by atoms with Gasteiger partial charge in [0.2, 0.25) is 0 Å². The lowest BCUT2D eigenvalue weighted by molar-refractivity contribution is -0.135. The van der Waals surface area contributed by atoms with Gasteiger partial charge in [0.15, 0.2) is 0 Å². The van der Waals surface area contributed by atoms with Crippen molar-refractivity contribution in [2.24, 2.45) is 0 Å². The molecule has 2 rings (SSSR count). The van der Waals surface area contributed by atoms with Crippen LogP contribution in [-0.2, 0) is 11.2 Å². The predicted octanol–water partition coefficient (Wildman–Crippen LogP) is 6.28. The smallest absolute Gasteiger partial charge is 0.307 e. The van der Waals surface area contributed by atoms with Gasteiger partial charge in [0.25, 0.3) is 0 Å². The van der Waals surface area contributed by atoms with E-state index in [2.05, 4.69) is 47.1 Å². The topological polar surface area (TPSA) is 46.5 Å². The van der Waals surface area contributed by atoms with Crippen LogP contribution in [0.1, 0.15) is 43.9 Å². The summed E-state index contributed by atoms with van der Waals surface area (Å²) >= 11 is 3.37. The Kier molecular flexibility index (Phi) is 9.14. The van der Waals surface area contributed by atoms with E-state index in [0.29, 0.717) is 0 Å². The molecule has 0 aliphatic rings. The number of methoxy groups -OCH3 is 1. The molecular formula is C22H27BrO3. The minimum absolute atomic E-state index is 0.0380. The minimum atomic E-state index is -0.816. The lowest BCUT2D eigenvalue weighted by Gasteiger charge is -2.13. The summed E-state index contributed by atoms with van der Waals surface area (Å²) in [6, 6.07) is 14.1. The largest absolute Gasteiger partial charge is 0.497 e. The molecular weight excluding hydrogens is 392 g/mol. The molecule has 0 saturated carbocycles. The fraction of sp³-hybridized carbons (Fsp3) is 0.318. The van der Waals surface area contributed by atoms with Crippen LogP contribution in [0.3, 0.4) is 0 Å². The van der Waals surface area contributed by atoms with Gasteiger partial charge in [-0.05, 0) is 73.7 Å². The number of ether oxygens (including phenoxy) is 1. The number of carboxylic acids is 1. The maximum absolute atomic E-state index is 10.9. The Morgan fingerprint density at radius 3 is 2.19 bits per heavy atom. The average Bonchev–Trinajstić information content (AvgIpc) is 2.61. The Balaban J connectivity index is 0.000000314. The number of allylic oxidation sites excluding steroid dienone is 1. The van der Waals surface area contributed by atoms with Crippen molar-refractivity contribution in [2.45, 2.75) is 40.5 Å². The van der Waals surface area contributed by atoms with Gasteiger partial charge in [-0.2, -0.15) is 0 Å². The van der Waals surface area contributed by atoms with Crippen molar-refractivity contribution >= 4 is 27.5 Å². The van der Waals surface area contributed by atoms with Crippen LogP contribution in [0.5, 0.6) is 5.75 Å². The first-order chi connectivity index (χ1) is 12.3. The van der Waals surface area contributed by atoms with Crippen molar-refractivity contribution in [3.8, 4) is 5.75 Å². The van der Waals surface area contributed by atoms with Crippen LogP contribution in [0.2, 0.25) is 0 Å². The van der Waals surface area contributed by atoms with Crippen LogP contribution in [0.4, 0.5) is 0 Å². The minimum Gasteiger partial charge on any atom is -0.497 e. The molecule has 0 amide bonds. The summed E-state index contributed by atoms with van der Waals surface area (Å²) in [7, 11) is 1.60. The van der Waals surface area contributed by atoms with Crippen molar-refractivity contribution in [3.63, 3.8) is 0 Å². The molecule has 0 atom stereocenters. The van der Waals surface area contributed by atoms with Crippen molar-refractivity contribution in [3.05, 3.63) is 69.2 Å². The molecule has 0 bridgehead atoms. The van der Waals surface area contributed by atoms with Gasteiger partial charge in [-0.3, -0.25) is 4.79 Å². The molecule has 0 radical (unpaired) electrons. The fourth-order valence-electron chi connectivity index (χ4n) is 2.47. The second-order valence-corrected chi connectivity index (χ2v) is 7.13. The first-order valence-corrected chi connectivity index (χ1v) is 9.35. The molecule has 0 aromatic heterocycles. The lowest BCUT2D eigenvalue weighted by atomic mass is 9.94. The standard InChI is InChI=1S/C14H18O3.C8H9Br/c1-9(2)12(8-14(15)16)13-7-11(17-4)6-5-10(13)3;1-2-7-3-5-8(9)6-4-7/h5-7H,8H2,1-4H3,(H,15,16);3-6H,2H2,1H3. The molecule has 1 N–H and O–H groups in total. The number of hydrogen-bond acceptors (Lipinski definition) is 2. The van der Waals surface area contributed by atoms with Crippen LogP contribution in [-0.4, -0.2) is 18.2 Å². The number of aryl methyl sites for hydroxylation is 2. The summed E-state index contributed by atoms with van der Waals surface area (Å²) < 4.78 is 6.33. The summed E-state index contributed by atoms with van der Waals surface area (Å²) in [6.45, 7) is 7.98. The van der Waals surface area contributed by atoms with Crippen molar-refractivity contribution < 1.29 is 14.6 Å². The molecule has 0 unspecified atom stereocenters. The number of rotatable bonds is 5. The third kappa shape index (κ3) is 7.04. The summed E-state index contributed by atoms with van der Waals surface area (Å²) in [5.74, 6) is -0.0711. The number of benzene rings is 2. The van der Waals surface area contributed by atoms with Crippen LogP contribution >= 0.6 is 15.9 Å². The van der Waals surface area contributed by atoms with E-state index < -0.39 is 5.97 Å². The maximum Gasteiger partial charge on any atom is 0.307 e. The van der Waals surface area contributed by atoms with Gasteiger partial charge in [-0.1, -0.05) is 46.6 Å². The first kappa shape index (κ1) is 22.0. The molecule has 0 heterocycles. The number of aliphatic carboxylic acids is 1. The normalized spacial score (nSPS) is 9.77. The molecule has 0 aliphatic carbocycles. The highest BCUT2D eigenvalue weighted by Crippen LogP contribution is 2.28. The van der Waals surface area contributed by atoms with Crippen molar-refractivity contribution in [1.82, 2.24) is 0 Å². The quantitative estimate of drug-likeness (QED) is 0.620. The molecule has 2 aromatic rings. The number of carboxylic acid groups (broad SMARTS) is 1. The van der Waals surface area contributed by atoms with E-state index in [1.165, 1.54) is 5.56 Å². The molecule has 26 heavy (non-hydrogen) atoms. The number of halogens is 1. The van der Waals surface area contributed by atoms with Gasteiger partial charge in [-0.25, -0.2) is 0 Å². The van der Waals surface area contributed by atoms with Gasteiger partial charge >= 0.3 is 5.97 Å². The highest BCUT2D eigenvalue weighted by atomic mass is 79.9. The molecule has 140 valence electrons.